The molecule has 1 fully saturated rings. The molecule has 2 nitrogen and oxygen atoms in total. The fraction of sp³-hybridized carbons (Fsp3) is 0.400. The van der Waals surface area contributed by atoms with Gasteiger partial charge in [0.05, 0.1) is 0 Å². The summed E-state index contributed by atoms with van der Waals surface area (Å²) in [5, 5.41) is 0.794. The summed E-state index contributed by atoms with van der Waals surface area (Å²) in [5.41, 5.74) is 9.01. The van der Waals surface area contributed by atoms with Gasteiger partial charge < -0.3 is 5.73 Å². The first-order valence-electron chi connectivity index (χ1n) is 8.41. The summed E-state index contributed by atoms with van der Waals surface area (Å²) in [5.74, 6) is 1.01. The van der Waals surface area contributed by atoms with Gasteiger partial charge in [0.15, 0.2) is 0 Å². The molecular formula is C20H25ClN2. The molecule has 23 heavy (non-hydrogen) atoms. The Bertz CT molecular complexity index is 609. The van der Waals surface area contributed by atoms with Crippen LogP contribution in [0.2, 0.25) is 5.02 Å². The molecule has 2 aromatic rings. The predicted molar refractivity (Wildman–Crippen MR) is 97.7 cm³/mol. The highest BCUT2D eigenvalue weighted by atomic mass is 35.5. The van der Waals surface area contributed by atoms with Gasteiger partial charge in [0.25, 0.3) is 0 Å². The van der Waals surface area contributed by atoms with E-state index in [1.165, 1.54) is 11.1 Å². The molecule has 0 aliphatic carbocycles. The molecule has 3 heteroatoms. The second-order valence-electron chi connectivity index (χ2n) is 6.69. The average molecular weight is 329 g/mol. The first-order chi connectivity index (χ1) is 11.1. The smallest absolute Gasteiger partial charge is 0.0406 e. The fourth-order valence-corrected chi connectivity index (χ4v) is 3.84. The average Bonchev–Trinajstić information content (AvgIpc) is 2.56. The lowest BCUT2D eigenvalue weighted by Gasteiger charge is -2.40. The first kappa shape index (κ1) is 16.5. The van der Waals surface area contributed by atoms with Gasteiger partial charge in [-0.2, -0.15) is 0 Å². The van der Waals surface area contributed by atoms with E-state index in [0.717, 1.165) is 31.1 Å². The number of benzene rings is 2. The van der Waals surface area contributed by atoms with Crippen molar-refractivity contribution in [2.24, 2.45) is 11.7 Å². The van der Waals surface area contributed by atoms with Crippen LogP contribution in [0.4, 0.5) is 0 Å². The summed E-state index contributed by atoms with van der Waals surface area (Å²) >= 11 is 6.05. The summed E-state index contributed by atoms with van der Waals surface area (Å²) < 4.78 is 0. The standard InChI is InChI=1S/C20H25ClN2/c1-15(22)19-11-12-23(13-16-5-3-2-4-6-16)14-20(19)17-7-9-18(21)10-8-17/h2-10,15,19-20H,11-14,22H2,1H3/t15?,19-,20-/m1/s1. The van der Waals surface area contributed by atoms with E-state index in [0.29, 0.717) is 11.8 Å². The zero-order chi connectivity index (χ0) is 16.2. The quantitative estimate of drug-likeness (QED) is 0.907. The van der Waals surface area contributed by atoms with Gasteiger partial charge in [0, 0.05) is 30.1 Å². The van der Waals surface area contributed by atoms with Crippen LogP contribution in [0.1, 0.15) is 30.4 Å². The van der Waals surface area contributed by atoms with E-state index in [9.17, 15) is 0 Å². The summed E-state index contributed by atoms with van der Waals surface area (Å²) in [4.78, 5) is 2.55. The van der Waals surface area contributed by atoms with Crippen molar-refractivity contribution in [1.82, 2.24) is 4.90 Å². The minimum Gasteiger partial charge on any atom is -0.328 e. The summed E-state index contributed by atoms with van der Waals surface area (Å²) in [6.07, 6.45) is 1.15. The Morgan fingerprint density at radius 1 is 1.13 bits per heavy atom. The maximum Gasteiger partial charge on any atom is 0.0406 e. The molecule has 0 bridgehead atoms. The molecule has 1 unspecified atom stereocenters. The molecule has 0 aromatic heterocycles. The van der Waals surface area contributed by atoms with Gasteiger partial charge in [-0.05, 0) is 49.1 Å². The van der Waals surface area contributed by atoms with Gasteiger partial charge in [0.1, 0.15) is 0 Å². The maximum absolute atomic E-state index is 6.28. The Morgan fingerprint density at radius 2 is 1.83 bits per heavy atom. The molecule has 0 saturated carbocycles. The molecule has 3 rings (SSSR count). The summed E-state index contributed by atoms with van der Waals surface area (Å²) in [6, 6.07) is 19.2. The van der Waals surface area contributed by atoms with E-state index >= 15 is 0 Å². The van der Waals surface area contributed by atoms with Crippen LogP contribution in [0.15, 0.2) is 54.6 Å². The van der Waals surface area contributed by atoms with E-state index in [1.54, 1.807) is 0 Å². The zero-order valence-corrected chi connectivity index (χ0v) is 14.4. The Morgan fingerprint density at radius 3 is 2.48 bits per heavy atom. The van der Waals surface area contributed by atoms with E-state index in [4.69, 9.17) is 17.3 Å². The highest BCUT2D eigenvalue weighted by Crippen LogP contribution is 2.35. The summed E-state index contributed by atoms with van der Waals surface area (Å²) in [6.45, 7) is 5.32. The lowest BCUT2D eigenvalue weighted by atomic mass is 9.77. The van der Waals surface area contributed by atoms with Crippen LogP contribution in [-0.2, 0) is 6.54 Å². The Balaban J connectivity index is 1.77. The molecule has 0 spiro atoms. The molecule has 1 saturated heterocycles. The fourth-order valence-electron chi connectivity index (χ4n) is 3.71. The van der Waals surface area contributed by atoms with E-state index in [-0.39, 0.29) is 6.04 Å². The van der Waals surface area contributed by atoms with Crippen LogP contribution in [0, 0.1) is 5.92 Å². The molecule has 1 aliphatic heterocycles. The van der Waals surface area contributed by atoms with Crippen molar-refractivity contribution in [1.29, 1.82) is 0 Å². The Kier molecular flexibility index (Phi) is 5.37. The van der Waals surface area contributed by atoms with Crippen molar-refractivity contribution in [2.45, 2.75) is 31.8 Å². The minimum absolute atomic E-state index is 0.217. The molecule has 122 valence electrons. The number of nitrogens with two attached hydrogens (primary N) is 1. The molecule has 1 heterocycles. The minimum atomic E-state index is 0.217. The number of hydrogen-bond acceptors (Lipinski definition) is 2. The van der Waals surface area contributed by atoms with Crippen LogP contribution in [0.3, 0.4) is 0 Å². The highest BCUT2D eigenvalue weighted by Gasteiger charge is 2.32. The lowest BCUT2D eigenvalue weighted by Crippen LogP contribution is -2.44. The van der Waals surface area contributed by atoms with E-state index in [1.807, 2.05) is 12.1 Å². The number of halogens is 1. The second-order valence-corrected chi connectivity index (χ2v) is 7.13. The van der Waals surface area contributed by atoms with Crippen molar-refractivity contribution in [3.05, 3.63) is 70.7 Å². The van der Waals surface area contributed by atoms with Crippen LogP contribution in [0.25, 0.3) is 0 Å². The lowest BCUT2D eigenvalue weighted by molar-refractivity contribution is 0.140. The van der Waals surface area contributed by atoms with Crippen molar-refractivity contribution in [3.8, 4) is 0 Å². The van der Waals surface area contributed by atoms with Gasteiger partial charge >= 0.3 is 0 Å². The SMILES string of the molecule is CC(N)[C@H]1CCN(Cc2ccccc2)C[C@@H]1c1ccc(Cl)cc1. The monoisotopic (exact) mass is 328 g/mol. The number of hydrogen-bond donors (Lipinski definition) is 1. The largest absolute Gasteiger partial charge is 0.328 e. The molecule has 3 atom stereocenters. The highest BCUT2D eigenvalue weighted by molar-refractivity contribution is 6.30. The number of likely N-dealkylation sites (tertiary alicyclic amines) is 1. The normalized spacial score (nSPS) is 23.6. The van der Waals surface area contributed by atoms with Gasteiger partial charge in [0.2, 0.25) is 0 Å². The first-order valence-corrected chi connectivity index (χ1v) is 8.78. The molecule has 2 N–H and O–H groups in total. The third-order valence-electron chi connectivity index (χ3n) is 4.97. The van der Waals surface area contributed by atoms with Crippen LogP contribution < -0.4 is 5.73 Å². The third kappa shape index (κ3) is 4.14. The van der Waals surface area contributed by atoms with Gasteiger partial charge in [-0.3, -0.25) is 4.90 Å². The van der Waals surface area contributed by atoms with Crippen molar-refractivity contribution in [2.75, 3.05) is 13.1 Å². The molecule has 0 amide bonds. The van der Waals surface area contributed by atoms with Crippen molar-refractivity contribution in [3.63, 3.8) is 0 Å². The van der Waals surface area contributed by atoms with Crippen molar-refractivity contribution >= 4 is 11.6 Å². The number of rotatable bonds is 4. The molecular weight excluding hydrogens is 304 g/mol. The molecule has 0 radical (unpaired) electrons. The van der Waals surface area contributed by atoms with E-state index in [2.05, 4.69) is 54.3 Å². The van der Waals surface area contributed by atoms with Crippen LogP contribution >= 0.6 is 11.6 Å². The van der Waals surface area contributed by atoms with Gasteiger partial charge in [-0.15, -0.1) is 0 Å². The summed E-state index contributed by atoms with van der Waals surface area (Å²) in [7, 11) is 0. The van der Waals surface area contributed by atoms with Crippen LogP contribution in [0.5, 0.6) is 0 Å². The van der Waals surface area contributed by atoms with Crippen LogP contribution in [-0.4, -0.2) is 24.0 Å². The van der Waals surface area contributed by atoms with E-state index < -0.39 is 0 Å². The second kappa shape index (κ2) is 7.48. The van der Waals surface area contributed by atoms with Gasteiger partial charge in [-0.25, -0.2) is 0 Å². The number of nitrogens with zero attached hydrogens (tertiary/aromatic N) is 1. The number of piperidine rings is 1. The van der Waals surface area contributed by atoms with Crippen molar-refractivity contribution < 1.29 is 0 Å². The topological polar surface area (TPSA) is 29.3 Å². The Labute approximate surface area is 144 Å². The Hall–Kier alpha value is -1.35. The predicted octanol–water partition coefficient (Wildman–Crippen LogP) is 4.29. The molecule has 1 aliphatic rings. The zero-order valence-electron chi connectivity index (χ0n) is 13.7. The molecule has 2 aromatic carbocycles. The maximum atomic E-state index is 6.28. The van der Waals surface area contributed by atoms with Gasteiger partial charge in [-0.1, -0.05) is 54.1 Å². The third-order valence-corrected chi connectivity index (χ3v) is 5.22.